The summed E-state index contributed by atoms with van der Waals surface area (Å²) in [6.07, 6.45) is 8.81. The van der Waals surface area contributed by atoms with Gasteiger partial charge in [-0.05, 0) is 67.2 Å². The van der Waals surface area contributed by atoms with Crippen molar-refractivity contribution in [2.24, 2.45) is 5.73 Å². The highest BCUT2D eigenvalue weighted by atomic mass is 14.6. The van der Waals surface area contributed by atoms with Crippen LogP contribution >= 0.6 is 0 Å². The number of fused-ring (bicyclic) bond motifs is 2. The third-order valence-corrected chi connectivity index (χ3v) is 3.93. The fourth-order valence-corrected chi connectivity index (χ4v) is 3.04. The molecular weight excluding hydrogens is 182 g/mol. The average Bonchev–Trinajstić information content (AvgIpc) is 2.26. The van der Waals surface area contributed by atoms with Crippen LogP contribution < -0.4 is 5.73 Å². The normalized spacial score (nSPS) is 24.5. The predicted molar refractivity (Wildman–Crippen MR) is 63.1 cm³/mol. The molecule has 1 unspecified atom stereocenters. The minimum Gasteiger partial charge on any atom is -0.327 e. The van der Waals surface area contributed by atoms with E-state index in [0.717, 1.165) is 6.42 Å². The molecule has 0 fully saturated rings. The lowest BCUT2D eigenvalue weighted by atomic mass is 9.82. The second-order valence-corrected chi connectivity index (χ2v) is 5.10. The second kappa shape index (κ2) is 3.64. The van der Waals surface area contributed by atoms with Crippen molar-refractivity contribution in [3.63, 3.8) is 0 Å². The Labute approximate surface area is 91.7 Å². The van der Waals surface area contributed by atoms with E-state index in [2.05, 4.69) is 12.1 Å². The first-order chi connectivity index (χ1) is 7.33. The van der Waals surface area contributed by atoms with Gasteiger partial charge in [-0.15, -0.1) is 0 Å². The van der Waals surface area contributed by atoms with Crippen LogP contribution in [0.3, 0.4) is 0 Å². The lowest BCUT2D eigenvalue weighted by Crippen LogP contribution is -2.28. The van der Waals surface area contributed by atoms with Crippen LogP contribution in [0.5, 0.6) is 0 Å². The van der Waals surface area contributed by atoms with Crippen molar-refractivity contribution in [2.75, 3.05) is 0 Å². The summed E-state index contributed by atoms with van der Waals surface area (Å²) in [4.78, 5) is 0. The minimum absolute atomic E-state index is 0.402. The summed E-state index contributed by atoms with van der Waals surface area (Å²) in [5.74, 6) is 0. The Bertz CT molecular complexity index is 381. The van der Waals surface area contributed by atoms with Crippen LogP contribution in [-0.4, -0.2) is 6.04 Å². The summed E-state index contributed by atoms with van der Waals surface area (Å²) in [5.41, 5.74) is 12.4. The molecule has 0 spiro atoms. The molecule has 2 N–H and O–H groups in total. The first kappa shape index (κ1) is 9.41. The number of aryl methyl sites for hydroxylation is 3. The number of hydrogen-bond donors (Lipinski definition) is 1. The maximum Gasteiger partial charge on any atom is 0.00825 e. The van der Waals surface area contributed by atoms with Crippen LogP contribution in [0.4, 0.5) is 0 Å². The highest BCUT2D eigenvalue weighted by molar-refractivity contribution is 5.41. The van der Waals surface area contributed by atoms with Gasteiger partial charge in [-0.1, -0.05) is 12.1 Å². The quantitative estimate of drug-likeness (QED) is 0.685. The van der Waals surface area contributed by atoms with Gasteiger partial charge >= 0.3 is 0 Å². The standard InChI is InChI=1S/C14H19N/c15-14-6-5-12-7-10-3-1-2-4-11(10)8-13(12)9-14/h7-8,14H,1-6,9,15H2. The predicted octanol–water partition coefficient (Wildman–Crippen LogP) is 2.38. The topological polar surface area (TPSA) is 26.0 Å². The highest BCUT2D eigenvalue weighted by Gasteiger charge is 2.18. The molecule has 0 bridgehead atoms. The largest absolute Gasteiger partial charge is 0.327 e. The van der Waals surface area contributed by atoms with Gasteiger partial charge in [-0.2, -0.15) is 0 Å². The Kier molecular flexibility index (Phi) is 2.28. The lowest BCUT2D eigenvalue weighted by molar-refractivity contribution is 0.572. The number of benzene rings is 1. The molecule has 0 saturated heterocycles. The fraction of sp³-hybridized carbons (Fsp3) is 0.571. The lowest BCUT2D eigenvalue weighted by Gasteiger charge is -2.25. The summed E-state index contributed by atoms with van der Waals surface area (Å²) in [7, 11) is 0. The summed E-state index contributed by atoms with van der Waals surface area (Å²) in [5, 5.41) is 0. The molecule has 3 rings (SSSR count). The summed E-state index contributed by atoms with van der Waals surface area (Å²) in [6.45, 7) is 0. The van der Waals surface area contributed by atoms with E-state index in [1.165, 1.54) is 44.1 Å². The Balaban J connectivity index is 2.02. The van der Waals surface area contributed by atoms with Crippen molar-refractivity contribution in [3.8, 4) is 0 Å². The van der Waals surface area contributed by atoms with Gasteiger partial charge in [0.1, 0.15) is 0 Å². The van der Waals surface area contributed by atoms with Crippen LogP contribution in [0, 0.1) is 0 Å². The van der Waals surface area contributed by atoms with Crippen LogP contribution in [0.1, 0.15) is 41.5 Å². The minimum atomic E-state index is 0.402. The zero-order valence-corrected chi connectivity index (χ0v) is 9.26. The molecular formula is C14H19N. The molecule has 1 atom stereocenters. The van der Waals surface area contributed by atoms with Gasteiger partial charge in [-0.25, -0.2) is 0 Å². The van der Waals surface area contributed by atoms with E-state index in [1.54, 1.807) is 16.7 Å². The molecule has 1 aromatic carbocycles. The first-order valence-corrected chi connectivity index (χ1v) is 6.22. The van der Waals surface area contributed by atoms with E-state index in [1.807, 2.05) is 0 Å². The summed E-state index contributed by atoms with van der Waals surface area (Å²) in [6, 6.07) is 5.32. The average molecular weight is 201 g/mol. The molecule has 1 aromatic rings. The van der Waals surface area contributed by atoms with Crippen molar-refractivity contribution in [1.29, 1.82) is 0 Å². The van der Waals surface area contributed by atoms with Crippen molar-refractivity contribution in [3.05, 3.63) is 34.4 Å². The van der Waals surface area contributed by atoms with Crippen molar-refractivity contribution < 1.29 is 0 Å². The maximum absolute atomic E-state index is 6.03. The van der Waals surface area contributed by atoms with Gasteiger partial charge in [0, 0.05) is 6.04 Å². The van der Waals surface area contributed by atoms with Crippen LogP contribution in [0.25, 0.3) is 0 Å². The van der Waals surface area contributed by atoms with Crippen LogP contribution in [-0.2, 0) is 25.7 Å². The Hall–Kier alpha value is -0.820. The third kappa shape index (κ3) is 1.69. The molecule has 2 aliphatic carbocycles. The first-order valence-electron chi connectivity index (χ1n) is 6.22. The van der Waals surface area contributed by atoms with E-state index < -0.39 is 0 Å². The number of rotatable bonds is 0. The molecule has 15 heavy (non-hydrogen) atoms. The molecule has 80 valence electrons. The van der Waals surface area contributed by atoms with Gasteiger partial charge in [0.25, 0.3) is 0 Å². The van der Waals surface area contributed by atoms with E-state index in [0.29, 0.717) is 6.04 Å². The van der Waals surface area contributed by atoms with Crippen molar-refractivity contribution in [1.82, 2.24) is 0 Å². The fourth-order valence-electron chi connectivity index (χ4n) is 3.04. The van der Waals surface area contributed by atoms with Gasteiger partial charge in [0.05, 0.1) is 0 Å². The van der Waals surface area contributed by atoms with Gasteiger partial charge in [-0.3, -0.25) is 0 Å². The molecule has 0 amide bonds. The Morgan fingerprint density at radius 1 is 0.867 bits per heavy atom. The molecule has 1 heteroatoms. The third-order valence-electron chi connectivity index (χ3n) is 3.93. The number of nitrogens with two attached hydrogens (primary N) is 1. The molecule has 0 saturated carbocycles. The summed E-state index contributed by atoms with van der Waals surface area (Å²) >= 11 is 0. The Morgan fingerprint density at radius 3 is 2.20 bits per heavy atom. The second-order valence-electron chi connectivity index (χ2n) is 5.10. The van der Waals surface area contributed by atoms with Gasteiger partial charge < -0.3 is 5.73 Å². The molecule has 0 heterocycles. The molecule has 0 aliphatic heterocycles. The summed E-state index contributed by atoms with van der Waals surface area (Å²) < 4.78 is 0. The SMILES string of the molecule is NC1CCc2cc3c(cc2C1)CCCC3. The highest BCUT2D eigenvalue weighted by Crippen LogP contribution is 2.28. The molecule has 0 aromatic heterocycles. The van der Waals surface area contributed by atoms with E-state index in [4.69, 9.17) is 5.73 Å². The Morgan fingerprint density at radius 2 is 1.47 bits per heavy atom. The number of hydrogen-bond acceptors (Lipinski definition) is 1. The van der Waals surface area contributed by atoms with Gasteiger partial charge in [0.15, 0.2) is 0 Å². The molecule has 0 radical (unpaired) electrons. The smallest absolute Gasteiger partial charge is 0.00825 e. The van der Waals surface area contributed by atoms with Crippen LogP contribution in [0.15, 0.2) is 12.1 Å². The zero-order valence-electron chi connectivity index (χ0n) is 9.26. The zero-order chi connectivity index (χ0) is 10.3. The van der Waals surface area contributed by atoms with Gasteiger partial charge in [0.2, 0.25) is 0 Å². The van der Waals surface area contributed by atoms with E-state index in [-0.39, 0.29) is 0 Å². The van der Waals surface area contributed by atoms with Crippen molar-refractivity contribution >= 4 is 0 Å². The molecule has 2 aliphatic rings. The maximum atomic E-state index is 6.03. The van der Waals surface area contributed by atoms with Crippen LogP contribution in [0.2, 0.25) is 0 Å². The molecule has 1 nitrogen and oxygen atoms in total. The monoisotopic (exact) mass is 201 g/mol. The van der Waals surface area contributed by atoms with E-state index >= 15 is 0 Å². The van der Waals surface area contributed by atoms with E-state index in [9.17, 15) is 0 Å². The van der Waals surface area contributed by atoms with Crippen molar-refractivity contribution in [2.45, 2.75) is 51.0 Å².